The van der Waals surface area contributed by atoms with Gasteiger partial charge in [0.1, 0.15) is 19.2 Å². The van der Waals surface area contributed by atoms with Gasteiger partial charge in [-0.25, -0.2) is 0 Å². The van der Waals surface area contributed by atoms with Crippen molar-refractivity contribution in [2.45, 2.75) is 71.4 Å². The Labute approximate surface area is 330 Å². The fourth-order valence-electron chi connectivity index (χ4n) is 11.3. The van der Waals surface area contributed by atoms with Gasteiger partial charge in [0.05, 0.1) is 0 Å². The third-order valence-corrected chi connectivity index (χ3v) is 17.9. The summed E-state index contributed by atoms with van der Waals surface area (Å²) in [7, 11) is -2.06. The summed E-state index contributed by atoms with van der Waals surface area (Å²) in [5, 5.41) is 7.96. The molecule has 1 aliphatic carbocycles. The van der Waals surface area contributed by atoms with Crippen LogP contribution in [0.5, 0.6) is 0 Å². The van der Waals surface area contributed by atoms with E-state index in [1.165, 1.54) is 112 Å². The summed E-state index contributed by atoms with van der Waals surface area (Å²) in [4.78, 5) is 5.37. The summed E-state index contributed by atoms with van der Waals surface area (Å²) in [6.45, 7) is 17.1. The number of hydrogen-bond acceptors (Lipinski definition) is 3. The number of furan rings is 1. The molecule has 12 rings (SSSR count). The van der Waals surface area contributed by atoms with Gasteiger partial charge in [-0.15, -0.1) is 0 Å². The van der Waals surface area contributed by atoms with Crippen LogP contribution in [0.25, 0.3) is 43.8 Å². The first kappa shape index (κ1) is 32.7. The Balaban J connectivity index is 1.27. The molecular weight excluding hydrogens is 695 g/mol. The molecule has 56 heavy (non-hydrogen) atoms. The van der Waals surface area contributed by atoms with Gasteiger partial charge in [-0.3, -0.25) is 0 Å². The summed E-state index contributed by atoms with van der Waals surface area (Å²) in [6, 6.07) is 46.6. The number of rotatable bonds is 1. The third-order valence-electron chi connectivity index (χ3n) is 14.4. The number of para-hydroxylation sites is 3. The van der Waals surface area contributed by atoms with Crippen molar-refractivity contribution in [2.75, 3.05) is 9.71 Å². The van der Waals surface area contributed by atoms with E-state index in [0.717, 1.165) is 11.2 Å². The molecule has 0 amide bonds. The summed E-state index contributed by atoms with van der Waals surface area (Å²) >= 11 is 0. The van der Waals surface area contributed by atoms with Crippen molar-refractivity contribution in [3.8, 4) is 11.1 Å². The number of benzene rings is 7. The predicted octanol–water partition coefficient (Wildman–Crippen LogP) is 11.2. The zero-order chi connectivity index (χ0) is 38.0. The van der Waals surface area contributed by atoms with E-state index in [1.807, 2.05) is 0 Å². The number of fused-ring (bicyclic) bond motifs is 12. The highest BCUT2D eigenvalue weighted by Gasteiger charge is 2.51. The Morgan fingerprint density at radius 2 is 1.30 bits per heavy atom. The van der Waals surface area contributed by atoms with E-state index in [-0.39, 0.29) is 17.7 Å². The summed E-state index contributed by atoms with van der Waals surface area (Å²) in [5.74, 6) is 0. The molecule has 0 bridgehead atoms. The highest BCUT2D eigenvalue weighted by Crippen LogP contribution is 2.53. The van der Waals surface area contributed by atoms with Crippen LogP contribution in [0.3, 0.4) is 0 Å². The fraction of sp³-hybridized carbons (Fsp3) is 0.216. The van der Waals surface area contributed by atoms with Crippen LogP contribution in [-0.4, -0.2) is 14.9 Å². The first-order chi connectivity index (χ1) is 26.9. The van der Waals surface area contributed by atoms with E-state index < -0.39 is 8.07 Å². The SMILES string of the molecule is Cc1cc2c(cc1N1c3cc4oc5ccccc5c4cc3B3c4c1cc1ccccc1c4-c1cccc4c1N3c1ccccc1[Si]4(C)C)C(C)(C)CCC2(C)C. The highest BCUT2D eigenvalue weighted by atomic mass is 28.3. The van der Waals surface area contributed by atoms with Crippen molar-refractivity contribution < 1.29 is 4.42 Å². The lowest BCUT2D eigenvalue weighted by Gasteiger charge is -2.51. The molecule has 3 aliphatic heterocycles. The maximum Gasteiger partial charge on any atom is 0.333 e. The van der Waals surface area contributed by atoms with Crippen LogP contribution in [0.4, 0.5) is 28.4 Å². The first-order valence-corrected chi connectivity index (χ1v) is 23.4. The molecule has 0 saturated carbocycles. The van der Waals surface area contributed by atoms with Crippen LogP contribution in [0.2, 0.25) is 13.1 Å². The van der Waals surface area contributed by atoms with Crippen molar-refractivity contribution in [3.05, 3.63) is 138 Å². The van der Waals surface area contributed by atoms with Crippen molar-refractivity contribution in [1.82, 2.24) is 0 Å². The molecule has 0 spiro atoms. The molecule has 0 atom stereocenters. The molecule has 0 fully saturated rings. The van der Waals surface area contributed by atoms with Gasteiger partial charge in [0.2, 0.25) is 0 Å². The minimum absolute atomic E-state index is 0.0397. The van der Waals surface area contributed by atoms with E-state index in [4.69, 9.17) is 4.42 Å². The lowest BCUT2D eigenvalue weighted by Crippen LogP contribution is -2.68. The molecule has 0 unspecified atom stereocenters. The summed E-state index contributed by atoms with van der Waals surface area (Å²) in [5.41, 5.74) is 18.3. The number of nitrogens with zero attached hydrogens (tertiary/aromatic N) is 2. The standard InChI is InChI=1S/C51H45BN2OSi/c1-30-25-36-37(51(4,5)24-23-50(36,2)3)28-40(30)53-41-29-44-35(33-17-10-12-20-43(33)55-44)27-38(41)52-48-42(53)26-31-15-8-9-16-32(31)47(48)34-18-14-22-46-49(34)54(52)39-19-11-13-21-45(39)56(46,6)7/h8-22,25-29H,23-24H2,1-7H3. The zero-order valence-electron chi connectivity index (χ0n) is 33.3. The van der Waals surface area contributed by atoms with Gasteiger partial charge in [-0.1, -0.05) is 132 Å². The van der Waals surface area contributed by atoms with Crippen molar-refractivity contribution in [3.63, 3.8) is 0 Å². The largest absolute Gasteiger partial charge is 0.456 e. The quantitative estimate of drug-likeness (QED) is 0.156. The van der Waals surface area contributed by atoms with Crippen LogP contribution >= 0.6 is 0 Å². The second kappa shape index (κ2) is 10.7. The monoisotopic (exact) mass is 740 g/mol. The number of hydrogen-bond donors (Lipinski definition) is 0. The van der Waals surface area contributed by atoms with Gasteiger partial charge in [-0.05, 0) is 109 Å². The molecule has 5 heteroatoms. The van der Waals surface area contributed by atoms with Gasteiger partial charge >= 0.3 is 6.85 Å². The second-order valence-electron chi connectivity index (χ2n) is 18.8. The van der Waals surface area contributed by atoms with Gasteiger partial charge < -0.3 is 14.1 Å². The minimum Gasteiger partial charge on any atom is -0.456 e. The molecule has 4 aliphatic rings. The predicted molar refractivity (Wildman–Crippen MR) is 242 cm³/mol. The van der Waals surface area contributed by atoms with Crippen molar-refractivity contribution in [1.29, 1.82) is 0 Å². The molecule has 8 aromatic rings. The van der Waals surface area contributed by atoms with Crippen LogP contribution in [0, 0.1) is 6.92 Å². The molecule has 3 nitrogen and oxygen atoms in total. The Kier molecular flexibility index (Phi) is 6.22. The van der Waals surface area contributed by atoms with Crippen LogP contribution in [0.15, 0.2) is 126 Å². The molecule has 1 aromatic heterocycles. The Morgan fingerprint density at radius 3 is 2.12 bits per heavy atom. The van der Waals surface area contributed by atoms with Crippen molar-refractivity contribution in [2.24, 2.45) is 0 Å². The van der Waals surface area contributed by atoms with Crippen molar-refractivity contribution >= 4 is 97.4 Å². The van der Waals surface area contributed by atoms with Gasteiger partial charge in [0.25, 0.3) is 0 Å². The fourth-order valence-corrected chi connectivity index (χ4v) is 14.3. The van der Waals surface area contributed by atoms with Gasteiger partial charge in [-0.2, -0.15) is 0 Å². The Morgan fingerprint density at radius 1 is 0.607 bits per heavy atom. The summed E-state index contributed by atoms with van der Waals surface area (Å²) < 4.78 is 6.74. The number of aryl methyl sites for hydroxylation is 1. The molecule has 7 aromatic carbocycles. The second-order valence-corrected chi connectivity index (χ2v) is 23.1. The van der Waals surface area contributed by atoms with Crippen LogP contribution in [-0.2, 0) is 10.8 Å². The lowest BCUT2D eigenvalue weighted by atomic mass is 9.43. The Bertz CT molecular complexity index is 3060. The minimum atomic E-state index is -2.06. The van der Waals surface area contributed by atoms with E-state index in [9.17, 15) is 0 Å². The van der Waals surface area contributed by atoms with Crippen LogP contribution < -0.4 is 31.0 Å². The molecule has 0 saturated heterocycles. The number of anilines is 5. The van der Waals surface area contributed by atoms with Gasteiger partial charge in [0.15, 0.2) is 0 Å². The Hall–Kier alpha value is -5.52. The lowest BCUT2D eigenvalue weighted by molar-refractivity contribution is 0.332. The third kappa shape index (κ3) is 4.04. The maximum absolute atomic E-state index is 6.74. The topological polar surface area (TPSA) is 19.6 Å². The van der Waals surface area contributed by atoms with Crippen LogP contribution in [0.1, 0.15) is 57.2 Å². The zero-order valence-corrected chi connectivity index (χ0v) is 34.3. The summed E-state index contributed by atoms with van der Waals surface area (Å²) in [6.07, 6.45) is 2.37. The van der Waals surface area contributed by atoms with E-state index in [0.29, 0.717) is 0 Å². The smallest absolute Gasteiger partial charge is 0.333 e. The highest BCUT2D eigenvalue weighted by molar-refractivity contribution is 7.05. The molecule has 0 N–H and O–H groups in total. The van der Waals surface area contributed by atoms with E-state index >= 15 is 0 Å². The molecule has 0 radical (unpaired) electrons. The first-order valence-electron chi connectivity index (χ1n) is 20.4. The van der Waals surface area contributed by atoms with Gasteiger partial charge in [0, 0.05) is 50.8 Å². The van der Waals surface area contributed by atoms with E-state index in [1.54, 1.807) is 0 Å². The average molecular weight is 741 g/mol. The van der Waals surface area contributed by atoms with E-state index in [2.05, 4.69) is 179 Å². The average Bonchev–Trinajstić information content (AvgIpc) is 3.56. The molecular formula is C51H45BN2OSi. The molecule has 4 heterocycles. The molecule has 272 valence electrons. The maximum atomic E-state index is 6.74. The normalized spacial score (nSPS) is 17.7.